The number of benzene rings is 5. The van der Waals surface area contributed by atoms with Crippen LogP contribution in [0, 0.1) is 22.9 Å². The average molecular weight is 1010 g/mol. The molecule has 1 aliphatic heterocycles. The zero-order chi connectivity index (χ0) is 48.9. The number of halogens is 2. The van der Waals surface area contributed by atoms with Gasteiger partial charge in [0, 0.05) is 95.5 Å². The summed E-state index contributed by atoms with van der Waals surface area (Å²) < 4.78 is 65.1. The lowest BCUT2D eigenvalue weighted by Crippen LogP contribution is -2.46. The van der Waals surface area contributed by atoms with Crippen molar-refractivity contribution in [1.29, 1.82) is 0 Å². The highest BCUT2D eigenvalue weighted by Gasteiger charge is 2.34. The number of anilines is 5. The molecule has 3 N–H and O–H groups in total. The van der Waals surface area contributed by atoms with Crippen molar-refractivity contribution in [2.45, 2.75) is 56.0 Å². The van der Waals surface area contributed by atoms with E-state index in [1.807, 2.05) is 66.9 Å². The summed E-state index contributed by atoms with van der Waals surface area (Å²) in [5.41, 5.74) is 4.42. The molecule has 14 nitrogen and oxygen atoms in total. The summed E-state index contributed by atoms with van der Waals surface area (Å²) in [6.45, 7) is 9.12. The number of piperazine rings is 1. The smallest absolute Gasteiger partial charge is 0.396 e. The Morgan fingerprint density at radius 3 is 2.13 bits per heavy atom. The van der Waals surface area contributed by atoms with Gasteiger partial charge < -0.3 is 29.7 Å². The molecule has 68 heavy (non-hydrogen) atoms. The zero-order valence-electron chi connectivity index (χ0n) is 38.4. The van der Waals surface area contributed by atoms with Crippen LogP contribution in [0.3, 0.4) is 0 Å². The summed E-state index contributed by atoms with van der Waals surface area (Å²) in [6.07, 6.45) is 1.51. The fourth-order valence-electron chi connectivity index (χ4n) is 8.75. The number of rotatable bonds is 19. The van der Waals surface area contributed by atoms with Crippen molar-refractivity contribution in [1.82, 2.24) is 4.57 Å². The predicted molar refractivity (Wildman–Crippen MR) is 272 cm³/mol. The topological polar surface area (TPSA) is 171 Å². The van der Waals surface area contributed by atoms with Crippen LogP contribution < -0.4 is 19.8 Å². The first-order valence-electron chi connectivity index (χ1n) is 22.1. The highest BCUT2D eigenvalue weighted by molar-refractivity contribution is 7.99. The molecule has 1 fully saturated rings. The normalized spacial score (nSPS) is 14.5. The van der Waals surface area contributed by atoms with Crippen molar-refractivity contribution in [3.63, 3.8) is 0 Å². The van der Waals surface area contributed by atoms with E-state index >= 15 is 4.39 Å². The molecular formula is C49H55ClFN6O8PS2. The number of aromatic nitrogens is 1. The molecule has 1 unspecified atom stereocenters. The van der Waals surface area contributed by atoms with Gasteiger partial charge >= 0.3 is 7.75 Å². The van der Waals surface area contributed by atoms with E-state index in [2.05, 4.69) is 15.1 Å². The first kappa shape index (κ1) is 50.5. The van der Waals surface area contributed by atoms with Crippen LogP contribution in [0.5, 0.6) is 0 Å². The van der Waals surface area contributed by atoms with Crippen molar-refractivity contribution in [2.24, 2.45) is 0 Å². The van der Waals surface area contributed by atoms with Crippen LogP contribution in [0.4, 0.5) is 38.5 Å². The van der Waals surface area contributed by atoms with Gasteiger partial charge in [0.2, 0.25) is 0 Å². The van der Waals surface area contributed by atoms with Gasteiger partial charge in [-0.05, 0) is 124 Å². The zero-order valence-corrected chi connectivity index (χ0v) is 41.7. The molecule has 6 aromatic rings. The van der Waals surface area contributed by atoms with Crippen LogP contribution in [-0.4, -0.2) is 85.4 Å². The van der Waals surface area contributed by atoms with E-state index in [0.717, 1.165) is 20.8 Å². The maximum atomic E-state index is 15.8. The number of nitro groups is 1. The maximum absolute atomic E-state index is 15.8. The third kappa shape index (κ3) is 11.4. The molecule has 19 heteroatoms. The van der Waals surface area contributed by atoms with Gasteiger partial charge in [-0.3, -0.25) is 14.6 Å². The number of hydrogen-bond acceptors (Lipinski definition) is 11. The van der Waals surface area contributed by atoms with Gasteiger partial charge in [0.1, 0.15) is 11.5 Å². The molecule has 0 spiro atoms. The Balaban J connectivity index is 1.13. The van der Waals surface area contributed by atoms with Gasteiger partial charge in [0.05, 0.1) is 33.5 Å². The fourth-order valence-corrected chi connectivity index (χ4v) is 12.4. The highest BCUT2D eigenvalue weighted by Crippen LogP contribution is 2.55. The lowest BCUT2D eigenvalue weighted by atomic mass is 9.99. The number of nitro benzene ring substituents is 1. The number of thioether (sulfide) groups is 1. The van der Waals surface area contributed by atoms with Crippen LogP contribution in [0.1, 0.15) is 38.9 Å². The molecule has 360 valence electrons. The third-order valence-electron chi connectivity index (χ3n) is 11.7. The van der Waals surface area contributed by atoms with Crippen molar-refractivity contribution >= 4 is 75.1 Å². The molecule has 1 aromatic heterocycles. The summed E-state index contributed by atoms with van der Waals surface area (Å²) in [5, 5.41) is 26.0. The number of hydrogen-bond donors (Lipinski definition) is 3. The number of aliphatic hydroxyl groups is 1. The Hall–Kier alpha value is -5.39. The van der Waals surface area contributed by atoms with E-state index in [4.69, 9.17) is 16.1 Å². The summed E-state index contributed by atoms with van der Waals surface area (Å²) in [4.78, 5) is 28.6. The molecule has 1 aliphatic rings. The molecule has 0 amide bonds. The second-order valence-electron chi connectivity index (χ2n) is 16.7. The first-order valence-corrected chi connectivity index (χ1v) is 26.9. The van der Waals surface area contributed by atoms with Crippen molar-refractivity contribution < 1.29 is 36.8 Å². The minimum atomic E-state index is -4.59. The largest absolute Gasteiger partial charge is 0.437 e. The lowest BCUT2D eigenvalue weighted by molar-refractivity contribution is -0.383. The van der Waals surface area contributed by atoms with Gasteiger partial charge in [0.25, 0.3) is 5.69 Å². The maximum Gasteiger partial charge on any atom is 0.437 e. The SMILES string of the molecule is CCOP(=O)(O)N(c1ccc(N2CCN(c3cc(F)cc(-c4c(S(C)(=O)=O)c(C)n(C(C)C)c4-c4ccc(Cl)cc4)c3)CC2)cc1)c1ccc(N[C@H](CCO)CSc2ccccc2)c([N+](=O)[O-])c1. The van der Waals surface area contributed by atoms with Crippen LogP contribution >= 0.6 is 31.1 Å². The quantitative estimate of drug-likeness (QED) is 0.0303. The molecule has 0 aliphatic carbocycles. The molecule has 0 radical (unpaired) electrons. The summed E-state index contributed by atoms with van der Waals surface area (Å²) in [6, 6.07) is 32.2. The van der Waals surface area contributed by atoms with E-state index in [9.17, 15) is 33.1 Å². The Labute approximate surface area is 406 Å². The minimum absolute atomic E-state index is 0.0644. The Bertz CT molecular complexity index is 2900. The fraction of sp³-hybridized carbons (Fsp3) is 0.306. The van der Waals surface area contributed by atoms with E-state index in [1.165, 1.54) is 36.6 Å². The van der Waals surface area contributed by atoms with E-state index < -0.39 is 28.3 Å². The third-order valence-corrected chi connectivity index (χ3v) is 15.9. The predicted octanol–water partition coefficient (Wildman–Crippen LogP) is 11.4. The van der Waals surface area contributed by atoms with E-state index in [1.54, 1.807) is 62.0 Å². The van der Waals surface area contributed by atoms with Crippen LogP contribution in [0.2, 0.25) is 5.02 Å². The van der Waals surface area contributed by atoms with Gasteiger partial charge in [-0.2, -0.15) is 0 Å². The second-order valence-corrected chi connectivity index (χ2v) is 21.8. The average Bonchev–Trinajstić information content (AvgIpc) is 3.63. The molecule has 1 saturated heterocycles. The molecule has 7 rings (SSSR count). The van der Waals surface area contributed by atoms with Crippen molar-refractivity contribution in [3.8, 4) is 22.4 Å². The Morgan fingerprint density at radius 1 is 0.912 bits per heavy atom. The van der Waals surface area contributed by atoms with Crippen molar-refractivity contribution in [3.05, 3.63) is 142 Å². The molecule has 2 heterocycles. The van der Waals surface area contributed by atoms with Crippen molar-refractivity contribution in [2.75, 3.05) is 71.2 Å². The molecule has 2 atom stereocenters. The Morgan fingerprint density at radius 2 is 1.54 bits per heavy atom. The van der Waals surface area contributed by atoms with E-state index in [0.29, 0.717) is 71.6 Å². The molecular weight excluding hydrogens is 950 g/mol. The first-order chi connectivity index (χ1) is 32.4. The van der Waals surface area contributed by atoms with E-state index in [-0.39, 0.29) is 52.9 Å². The lowest BCUT2D eigenvalue weighted by Gasteiger charge is -2.38. The standard InChI is InChI=1S/C49H55ClFN6O8PS2/c1-6-65-66(61,62)56(42-20-21-45(46(31-42)57(59)60)52-39(22-27-58)32-67-44-10-8-7-9-11-44)41-18-16-40(17-19-41)53-23-25-54(26-24-53)43-29-36(28-38(51)30-43)47-48(35-12-14-37(50)15-13-35)55(33(2)3)34(4)49(47)68(5,63)64/h7-21,28-31,33,39,52,58H,6,22-27,32H2,1-5H3,(H,61,62)/t39-/m1/s1. The molecule has 5 aromatic carbocycles. The number of nitrogens with zero attached hydrogens (tertiary/aromatic N) is 5. The minimum Gasteiger partial charge on any atom is -0.396 e. The molecule has 0 saturated carbocycles. The monoisotopic (exact) mass is 1000 g/mol. The Kier molecular flexibility index (Phi) is 16.0. The van der Waals surface area contributed by atoms with Gasteiger partial charge in [-0.25, -0.2) is 22.0 Å². The number of aliphatic hydroxyl groups excluding tert-OH is 1. The van der Waals surface area contributed by atoms with Crippen LogP contribution in [-0.2, 0) is 18.9 Å². The molecule has 0 bridgehead atoms. The highest BCUT2D eigenvalue weighted by atomic mass is 35.5. The number of nitrogens with one attached hydrogen (secondary N) is 1. The van der Waals surface area contributed by atoms with Crippen LogP contribution in [0.25, 0.3) is 22.4 Å². The summed E-state index contributed by atoms with van der Waals surface area (Å²) in [7, 11) is -8.37. The van der Waals surface area contributed by atoms with Gasteiger partial charge in [0.15, 0.2) is 9.84 Å². The van der Waals surface area contributed by atoms with Gasteiger partial charge in [-0.15, -0.1) is 11.8 Å². The van der Waals surface area contributed by atoms with Gasteiger partial charge in [-0.1, -0.05) is 41.9 Å². The summed E-state index contributed by atoms with van der Waals surface area (Å²) in [5.74, 6) is 0.0115. The summed E-state index contributed by atoms with van der Waals surface area (Å²) >= 11 is 7.81. The van der Waals surface area contributed by atoms with Crippen LogP contribution in [0.15, 0.2) is 125 Å². The second kappa shape index (κ2) is 21.5. The number of sulfone groups is 1.